The predicted molar refractivity (Wildman–Crippen MR) is 74.3 cm³/mol. The van der Waals surface area contributed by atoms with Crippen LogP contribution in [0.3, 0.4) is 0 Å². The lowest BCUT2D eigenvalue weighted by Crippen LogP contribution is -2.05. The van der Waals surface area contributed by atoms with Crippen LogP contribution in [-0.4, -0.2) is 14.5 Å². The van der Waals surface area contributed by atoms with Gasteiger partial charge in [-0.1, -0.05) is 0 Å². The third-order valence-corrected chi connectivity index (χ3v) is 3.20. The van der Waals surface area contributed by atoms with E-state index in [-0.39, 0.29) is 5.38 Å². The highest BCUT2D eigenvalue weighted by Crippen LogP contribution is 2.25. The molecule has 0 aromatic carbocycles. The van der Waals surface area contributed by atoms with Crippen LogP contribution in [0.1, 0.15) is 29.4 Å². The molecule has 0 N–H and O–H groups in total. The molecule has 1 unspecified atom stereocenters. The number of furan rings is 1. The molecule has 0 fully saturated rings. The molecule has 0 saturated carbocycles. The summed E-state index contributed by atoms with van der Waals surface area (Å²) in [4.78, 5) is 9.04. The van der Waals surface area contributed by atoms with E-state index in [1.54, 1.807) is 6.26 Å². The third-order valence-electron chi connectivity index (χ3n) is 3.00. The normalized spacial score (nSPS) is 13.0. The number of pyridine rings is 1. The van der Waals surface area contributed by atoms with Gasteiger partial charge in [-0.05, 0) is 37.6 Å². The van der Waals surface area contributed by atoms with E-state index in [0.29, 0.717) is 6.54 Å². The summed E-state index contributed by atoms with van der Waals surface area (Å²) in [5.41, 5.74) is 2.79. The Bertz CT molecular complexity index is 701. The van der Waals surface area contributed by atoms with Gasteiger partial charge in [0.05, 0.1) is 18.2 Å². The van der Waals surface area contributed by atoms with Gasteiger partial charge in [0.15, 0.2) is 5.65 Å². The number of aryl methyl sites for hydroxylation is 1. The maximum Gasteiger partial charge on any atom is 0.160 e. The van der Waals surface area contributed by atoms with Crippen molar-refractivity contribution in [3.63, 3.8) is 0 Å². The number of rotatable bonds is 3. The highest BCUT2D eigenvalue weighted by atomic mass is 35.5. The quantitative estimate of drug-likeness (QED) is 0.685. The van der Waals surface area contributed by atoms with Crippen LogP contribution in [0.25, 0.3) is 11.2 Å². The van der Waals surface area contributed by atoms with Gasteiger partial charge in [-0.2, -0.15) is 0 Å². The van der Waals surface area contributed by atoms with E-state index >= 15 is 0 Å². The zero-order valence-electron chi connectivity index (χ0n) is 10.8. The van der Waals surface area contributed by atoms with Crippen LogP contribution >= 0.6 is 11.6 Å². The monoisotopic (exact) mass is 275 g/mol. The molecule has 4 nitrogen and oxygen atoms in total. The van der Waals surface area contributed by atoms with Crippen LogP contribution in [0.15, 0.2) is 35.1 Å². The zero-order chi connectivity index (χ0) is 13.4. The Hall–Kier alpha value is -1.81. The fraction of sp³-hybridized carbons (Fsp3) is 0.286. The van der Waals surface area contributed by atoms with Crippen molar-refractivity contribution in [2.24, 2.45) is 0 Å². The molecule has 0 radical (unpaired) electrons. The Kier molecular flexibility index (Phi) is 3.03. The van der Waals surface area contributed by atoms with Gasteiger partial charge in [0.1, 0.15) is 17.1 Å². The Balaban J connectivity index is 2.16. The van der Waals surface area contributed by atoms with Crippen molar-refractivity contribution in [3.05, 3.63) is 47.8 Å². The molecule has 19 heavy (non-hydrogen) atoms. The predicted octanol–water partition coefficient (Wildman–Crippen LogP) is 3.68. The summed E-state index contributed by atoms with van der Waals surface area (Å²) in [7, 11) is 0. The van der Waals surface area contributed by atoms with E-state index in [0.717, 1.165) is 28.3 Å². The minimum Gasteiger partial charge on any atom is -0.467 e. The van der Waals surface area contributed by atoms with Crippen molar-refractivity contribution in [2.45, 2.75) is 25.8 Å². The van der Waals surface area contributed by atoms with E-state index in [9.17, 15) is 0 Å². The highest BCUT2D eigenvalue weighted by Gasteiger charge is 2.16. The number of hydrogen-bond donors (Lipinski definition) is 0. The van der Waals surface area contributed by atoms with E-state index in [1.807, 2.05) is 42.8 Å². The molecule has 3 rings (SSSR count). The van der Waals surface area contributed by atoms with Crippen molar-refractivity contribution in [1.82, 2.24) is 14.5 Å². The Labute approximate surface area is 116 Å². The van der Waals surface area contributed by atoms with Gasteiger partial charge in [-0.15, -0.1) is 11.6 Å². The summed E-state index contributed by atoms with van der Waals surface area (Å²) >= 11 is 6.22. The molecule has 0 saturated heterocycles. The molecule has 3 aromatic heterocycles. The molecule has 5 heteroatoms. The van der Waals surface area contributed by atoms with Gasteiger partial charge in [-0.3, -0.25) is 0 Å². The van der Waals surface area contributed by atoms with Crippen LogP contribution in [0, 0.1) is 6.92 Å². The minimum absolute atomic E-state index is 0.176. The molecule has 0 amide bonds. The molecule has 0 aliphatic rings. The first-order valence-corrected chi connectivity index (χ1v) is 6.58. The molecule has 0 aliphatic carbocycles. The summed E-state index contributed by atoms with van der Waals surface area (Å²) < 4.78 is 7.40. The fourth-order valence-electron chi connectivity index (χ4n) is 2.15. The Morgan fingerprint density at radius 3 is 3.00 bits per heavy atom. The lowest BCUT2D eigenvalue weighted by molar-refractivity contribution is 0.491. The number of fused-ring (bicyclic) bond motifs is 1. The van der Waals surface area contributed by atoms with Crippen molar-refractivity contribution in [1.29, 1.82) is 0 Å². The molecule has 1 atom stereocenters. The standard InChI is InChI=1S/C14H14ClN3O/c1-9-6-12-14(16-7-9)18(13(17-12)10(2)15)8-11-4-3-5-19-11/h3-7,10H,8H2,1-2H3. The SMILES string of the molecule is Cc1cnc2c(c1)nc(C(C)Cl)n2Cc1ccco1. The van der Waals surface area contributed by atoms with Gasteiger partial charge in [-0.25, -0.2) is 9.97 Å². The number of nitrogens with zero attached hydrogens (tertiary/aromatic N) is 3. The van der Waals surface area contributed by atoms with Crippen molar-refractivity contribution >= 4 is 22.8 Å². The molecule has 0 spiro atoms. The zero-order valence-corrected chi connectivity index (χ0v) is 11.6. The summed E-state index contributed by atoms with van der Waals surface area (Å²) in [5, 5.41) is -0.176. The maximum atomic E-state index is 6.22. The fourth-order valence-corrected chi connectivity index (χ4v) is 2.31. The van der Waals surface area contributed by atoms with Crippen LogP contribution < -0.4 is 0 Å². The van der Waals surface area contributed by atoms with Gasteiger partial charge < -0.3 is 8.98 Å². The second-order valence-corrected chi connectivity index (χ2v) is 5.26. The number of aromatic nitrogens is 3. The topological polar surface area (TPSA) is 43.9 Å². The van der Waals surface area contributed by atoms with E-state index in [4.69, 9.17) is 16.0 Å². The first kappa shape index (κ1) is 12.2. The van der Waals surface area contributed by atoms with E-state index in [1.165, 1.54) is 0 Å². The van der Waals surface area contributed by atoms with E-state index in [2.05, 4.69) is 9.97 Å². The van der Waals surface area contributed by atoms with Crippen LogP contribution in [-0.2, 0) is 6.54 Å². The molecule has 3 heterocycles. The first-order chi connectivity index (χ1) is 9.15. The molecule has 0 aliphatic heterocycles. The number of halogens is 1. The maximum absolute atomic E-state index is 6.22. The summed E-state index contributed by atoms with van der Waals surface area (Å²) in [5.74, 6) is 1.67. The van der Waals surface area contributed by atoms with Gasteiger partial charge in [0.25, 0.3) is 0 Å². The Morgan fingerprint density at radius 2 is 2.32 bits per heavy atom. The minimum atomic E-state index is -0.176. The summed E-state index contributed by atoms with van der Waals surface area (Å²) in [6.45, 7) is 4.50. The van der Waals surface area contributed by atoms with Gasteiger partial charge in [0, 0.05) is 6.20 Å². The molecule has 0 bridgehead atoms. The van der Waals surface area contributed by atoms with Gasteiger partial charge in [0.2, 0.25) is 0 Å². The van der Waals surface area contributed by atoms with Crippen molar-refractivity contribution < 1.29 is 4.42 Å². The lowest BCUT2D eigenvalue weighted by Gasteiger charge is -2.08. The number of hydrogen-bond acceptors (Lipinski definition) is 3. The largest absolute Gasteiger partial charge is 0.467 e. The highest BCUT2D eigenvalue weighted by molar-refractivity contribution is 6.20. The second-order valence-electron chi connectivity index (χ2n) is 4.61. The van der Waals surface area contributed by atoms with Gasteiger partial charge >= 0.3 is 0 Å². The van der Waals surface area contributed by atoms with E-state index < -0.39 is 0 Å². The van der Waals surface area contributed by atoms with Crippen molar-refractivity contribution in [3.8, 4) is 0 Å². The first-order valence-electron chi connectivity index (χ1n) is 6.14. The lowest BCUT2D eigenvalue weighted by atomic mass is 10.3. The molecular weight excluding hydrogens is 262 g/mol. The van der Waals surface area contributed by atoms with Crippen LogP contribution in [0.4, 0.5) is 0 Å². The second kappa shape index (κ2) is 4.70. The molecular formula is C14H14ClN3O. The average Bonchev–Trinajstić information content (AvgIpc) is 2.97. The number of alkyl halides is 1. The summed E-state index contributed by atoms with van der Waals surface area (Å²) in [6.07, 6.45) is 3.50. The Morgan fingerprint density at radius 1 is 1.47 bits per heavy atom. The van der Waals surface area contributed by atoms with Crippen molar-refractivity contribution in [2.75, 3.05) is 0 Å². The van der Waals surface area contributed by atoms with Crippen LogP contribution in [0.5, 0.6) is 0 Å². The molecule has 98 valence electrons. The van der Waals surface area contributed by atoms with Crippen LogP contribution in [0.2, 0.25) is 0 Å². The number of imidazole rings is 1. The molecule has 3 aromatic rings. The smallest absolute Gasteiger partial charge is 0.160 e. The average molecular weight is 276 g/mol. The third kappa shape index (κ3) is 2.24. The summed E-state index contributed by atoms with van der Waals surface area (Å²) in [6, 6.07) is 5.82.